The molecule has 1 aromatic heterocycles. The van der Waals surface area contributed by atoms with E-state index in [0.29, 0.717) is 12.0 Å². The molecule has 1 unspecified atom stereocenters. The van der Waals surface area contributed by atoms with Gasteiger partial charge in [-0.3, -0.25) is 5.43 Å². The van der Waals surface area contributed by atoms with Gasteiger partial charge in [0.25, 0.3) is 0 Å². The molecule has 0 bridgehead atoms. The third-order valence-corrected chi connectivity index (χ3v) is 3.51. The molecule has 106 valence electrons. The minimum atomic E-state index is 0.00545. The van der Waals surface area contributed by atoms with Crippen LogP contribution in [0.15, 0.2) is 11.3 Å². The van der Waals surface area contributed by atoms with Crippen molar-refractivity contribution in [1.82, 2.24) is 25.5 Å². The quantitative estimate of drug-likeness (QED) is 0.322. The third-order valence-electron chi connectivity index (χ3n) is 3.51. The van der Waals surface area contributed by atoms with Gasteiger partial charge in [-0.1, -0.05) is 19.3 Å². The normalized spacial score (nSPS) is 19.2. The van der Waals surface area contributed by atoms with E-state index in [9.17, 15) is 0 Å². The van der Waals surface area contributed by atoms with Crippen molar-refractivity contribution in [3.8, 4) is 0 Å². The number of hydrogen-bond acceptors (Lipinski definition) is 4. The van der Waals surface area contributed by atoms with Crippen molar-refractivity contribution < 1.29 is 0 Å². The summed E-state index contributed by atoms with van der Waals surface area (Å²) in [6.07, 6.45) is 7.80. The van der Waals surface area contributed by atoms with E-state index in [1.807, 2.05) is 18.5 Å². The lowest BCUT2D eigenvalue weighted by Crippen LogP contribution is -2.44. The molecule has 0 spiro atoms. The zero-order chi connectivity index (χ0) is 13.7. The lowest BCUT2D eigenvalue weighted by Gasteiger charge is -2.21. The number of aryl methyl sites for hydroxylation is 1. The van der Waals surface area contributed by atoms with Crippen molar-refractivity contribution in [1.29, 1.82) is 0 Å². The lowest BCUT2D eigenvalue weighted by molar-refractivity contribution is 0.440. The second-order valence-corrected chi connectivity index (χ2v) is 5.08. The van der Waals surface area contributed by atoms with Gasteiger partial charge in [-0.2, -0.15) is 0 Å². The average Bonchev–Trinajstić information content (AvgIpc) is 2.85. The maximum Gasteiger partial charge on any atom is 0.206 e. The molecule has 1 fully saturated rings. The zero-order valence-corrected chi connectivity index (χ0v) is 11.6. The molecule has 1 atom stereocenters. The first-order chi connectivity index (χ1) is 9.20. The molecule has 0 radical (unpaired) electrons. The molecule has 0 amide bonds. The molecule has 7 nitrogen and oxygen atoms in total. The SMILES string of the molecule is CC(NC(=NC1CCCCC1)NN)c1nncn1C. The van der Waals surface area contributed by atoms with Crippen molar-refractivity contribution >= 4 is 5.96 Å². The summed E-state index contributed by atoms with van der Waals surface area (Å²) in [5.41, 5.74) is 2.64. The van der Waals surface area contributed by atoms with Crippen molar-refractivity contribution in [2.75, 3.05) is 0 Å². The lowest BCUT2D eigenvalue weighted by atomic mass is 9.96. The number of guanidine groups is 1. The van der Waals surface area contributed by atoms with Crippen LogP contribution >= 0.6 is 0 Å². The van der Waals surface area contributed by atoms with Crippen LogP contribution in [0.25, 0.3) is 0 Å². The van der Waals surface area contributed by atoms with Crippen molar-refractivity contribution in [3.05, 3.63) is 12.2 Å². The molecule has 1 saturated carbocycles. The fourth-order valence-corrected chi connectivity index (χ4v) is 2.46. The van der Waals surface area contributed by atoms with Crippen LogP contribution in [0.3, 0.4) is 0 Å². The van der Waals surface area contributed by atoms with Gasteiger partial charge in [0.05, 0.1) is 12.1 Å². The molecule has 1 aromatic rings. The highest BCUT2D eigenvalue weighted by atomic mass is 15.4. The van der Waals surface area contributed by atoms with Crippen LogP contribution in [0, 0.1) is 0 Å². The largest absolute Gasteiger partial charge is 0.346 e. The van der Waals surface area contributed by atoms with E-state index in [1.54, 1.807) is 6.33 Å². The summed E-state index contributed by atoms with van der Waals surface area (Å²) in [5, 5.41) is 11.2. The number of aromatic nitrogens is 3. The summed E-state index contributed by atoms with van der Waals surface area (Å²) in [6.45, 7) is 2.01. The Hall–Kier alpha value is -1.63. The van der Waals surface area contributed by atoms with E-state index in [4.69, 9.17) is 5.84 Å². The number of nitrogens with one attached hydrogen (secondary N) is 2. The van der Waals surface area contributed by atoms with Crippen LogP contribution in [0.4, 0.5) is 0 Å². The summed E-state index contributed by atoms with van der Waals surface area (Å²) < 4.78 is 1.88. The molecular weight excluding hydrogens is 242 g/mol. The Balaban J connectivity index is 1.98. The highest BCUT2D eigenvalue weighted by Gasteiger charge is 2.16. The van der Waals surface area contributed by atoms with Gasteiger partial charge in [0.1, 0.15) is 6.33 Å². The van der Waals surface area contributed by atoms with Crippen LogP contribution in [0.1, 0.15) is 50.9 Å². The summed E-state index contributed by atoms with van der Waals surface area (Å²) in [4.78, 5) is 4.65. The molecular formula is C12H23N7. The van der Waals surface area contributed by atoms with Gasteiger partial charge < -0.3 is 9.88 Å². The van der Waals surface area contributed by atoms with Crippen molar-refractivity contribution in [2.24, 2.45) is 17.9 Å². The number of hydrazine groups is 1. The van der Waals surface area contributed by atoms with E-state index in [2.05, 4.69) is 25.9 Å². The highest BCUT2D eigenvalue weighted by molar-refractivity contribution is 5.79. The first-order valence-electron chi connectivity index (χ1n) is 6.85. The molecule has 0 aromatic carbocycles. The maximum atomic E-state index is 5.54. The first-order valence-corrected chi connectivity index (χ1v) is 6.85. The van der Waals surface area contributed by atoms with Gasteiger partial charge in [-0.05, 0) is 19.8 Å². The van der Waals surface area contributed by atoms with Crippen LogP contribution in [-0.4, -0.2) is 26.8 Å². The molecule has 7 heteroatoms. The van der Waals surface area contributed by atoms with E-state index in [1.165, 1.54) is 19.3 Å². The summed E-state index contributed by atoms with van der Waals surface area (Å²) in [6, 6.07) is 0.380. The van der Waals surface area contributed by atoms with Crippen molar-refractivity contribution in [2.45, 2.75) is 51.1 Å². The van der Waals surface area contributed by atoms with E-state index in [-0.39, 0.29) is 6.04 Å². The fraction of sp³-hybridized carbons (Fsp3) is 0.750. The van der Waals surface area contributed by atoms with Crippen LogP contribution in [-0.2, 0) is 7.05 Å². The standard InChI is InChI=1S/C12H23N7/c1-9(11-18-14-8-19(11)2)15-12(17-13)16-10-6-4-3-5-7-10/h8-10H,3-7,13H2,1-2H3,(H2,15,16,17). The average molecular weight is 265 g/mol. The van der Waals surface area contributed by atoms with Crippen LogP contribution in [0.5, 0.6) is 0 Å². The van der Waals surface area contributed by atoms with Crippen LogP contribution in [0.2, 0.25) is 0 Å². The second-order valence-electron chi connectivity index (χ2n) is 5.08. The number of hydrogen-bond donors (Lipinski definition) is 3. The zero-order valence-electron chi connectivity index (χ0n) is 11.6. The van der Waals surface area contributed by atoms with Gasteiger partial charge in [0.15, 0.2) is 5.82 Å². The molecule has 1 aliphatic carbocycles. The van der Waals surface area contributed by atoms with Crippen molar-refractivity contribution in [3.63, 3.8) is 0 Å². The number of nitrogens with zero attached hydrogens (tertiary/aromatic N) is 4. The van der Waals surface area contributed by atoms with Gasteiger partial charge in [0.2, 0.25) is 5.96 Å². The van der Waals surface area contributed by atoms with E-state index in [0.717, 1.165) is 18.7 Å². The van der Waals surface area contributed by atoms with Gasteiger partial charge in [-0.25, -0.2) is 10.8 Å². The molecule has 2 rings (SSSR count). The Bertz CT molecular complexity index is 419. The number of rotatable bonds is 3. The molecule has 19 heavy (non-hydrogen) atoms. The molecule has 1 aliphatic rings. The Morgan fingerprint density at radius 1 is 1.47 bits per heavy atom. The summed E-state index contributed by atoms with van der Waals surface area (Å²) in [5.74, 6) is 7.02. The van der Waals surface area contributed by atoms with Gasteiger partial charge >= 0.3 is 0 Å². The topological polar surface area (TPSA) is 93.2 Å². The molecule has 4 N–H and O–H groups in total. The second kappa shape index (κ2) is 6.51. The van der Waals surface area contributed by atoms with Crippen LogP contribution < -0.4 is 16.6 Å². The predicted molar refractivity (Wildman–Crippen MR) is 74.2 cm³/mol. The monoisotopic (exact) mass is 265 g/mol. The third kappa shape index (κ3) is 3.66. The Labute approximate surface area is 113 Å². The minimum Gasteiger partial charge on any atom is -0.346 e. The summed E-state index contributed by atoms with van der Waals surface area (Å²) in [7, 11) is 1.92. The van der Waals surface area contributed by atoms with E-state index < -0.39 is 0 Å². The van der Waals surface area contributed by atoms with Gasteiger partial charge in [-0.15, -0.1) is 10.2 Å². The summed E-state index contributed by atoms with van der Waals surface area (Å²) >= 11 is 0. The smallest absolute Gasteiger partial charge is 0.206 e. The molecule has 0 aliphatic heterocycles. The van der Waals surface area contributed by atoms with Gasteiger partial charge in [0, 0.05) is 7.05 Å². The highest BCUT2D eigenvalue weighted by Crippen LogP contribution is 2.20. The first kappa shape index (κ1) is 13.8. The molecule has 0 saturated heterocycles. The van der Waals surface area contributed by atoms with E-state index >= 15 is 0 Å². The predicted octanol–water partition coefficient (Wildman–Crippen LogP) is 0.618. The Morgan fingerprint density at radius 2 is 2.21 bits per heavy atom. The Morgan fingerprint density at radius 3 is 2.79 bits per heavy atom. The minimum absolute atomic E-state index is 0.00545. The Kier molecular flexibility index (Phi) is 4.73. The maximum absolute atomic E-state index is 5.54. The molecule has 1 heterocycles. The number of aliphatic imine (C=N–C) groups is 1. The number of nitrogens with two attached hydrogens (primary N) is 1. The fourth-order valence-electron chi connectivity index (χ4n) is 2.46.